The molecular formula is C20H27N5O4. The fourth-order valence-corrected chi connectivity index (χ4v) is 4.57. The summed E-state index contributed by atoms with van der Waals surface area (Å²) in [5, 5.41) is 21.2. The zero-order chi connectivity index (χ0) is 20.4. The number of hydrogen-bond donors (Lipinski definition) is 2. The summed E-state index contributed by atoms with van der Waals surface area (Å²) in [5.74, 6) is 0.265. The molecule has 0 aromatic carbocycles. The third kappa shape index (κ3) is 3.91. The molecule has 2 amide bonds. The van der Waals surface area contributed by atoms with Crippen LogP contribution in [-0.4, -0.2) is 62.6 Å². The van der Waals surface area contributed by atoms with Gasteiger partial charge in [0.25, 0.3) is 0 Å². The SMILES string of the molecule is CNC(=O)[C@H]1CC(O)CN1C(=O)C(C1CCCCC1)n1cc(-c2ccco2)nn1. The van der Waals surface area contributed by atoms with Gasteiger partial charge in [-0.15, -0.1) is 5.10 Å². The van der Waals surface area contributed by atoms with Gasteiger partial charge in [-0.2, -0.15) is 0 Å². The second-order valence-electron chi connectivity index (χ2n) is 7.91. The predicted molar refractivity (Wildman–Crippen MR) is 104 cm³/mol. The van der Waals surface area contributed by atoms with E-state index in [1.54, 1.807) is 36.3 Å². The topological polar surface area (TPSA) is 113 Å². The Morgan fingerprint density at radius 3 is 2.79 bits per heavy atom. The van der Waals surface area contributed by atoms with Crippen molar-refractivity contribution in [1.82, 2.24) is 25.2 Å². The number of rotatable bonds is 5. The molecule has 0 bridgehead atoms. The Bertz CT molecular complexity index is 843. The summed E-state index contributed by atoms with van der Waals surface area (Å²) in [4.78, 5) is 27.5. The molecule has 1 aliphatic heterocycles. The molecule has 2 unspecified atom stereocenters. The number of likely N-dealkylation sites (N-methyl/N-ethyl adjacent to an activating group) is 1. The number of carbonyl (C=O) groups is 2. The van der Waals surface area contributed by atoms with Gasteiger partial charge in [0.2, 0.25) is 11.8 Å². The Labute approximate surface area is 169 Å². The van der Waals surface area contributed by atoms with Crippen LogP contribution in [0.1, 0.15) is 44.6 Å². The van der Waals surface area contributed by atoms with Crippen molar-refractivity contribution < 1.29 is 19.1 Å². The lowest BCUT2D eigenvalue weighted by Crippen LogP contribution is -2.49. The standard InChI is InChI=1S/C20H27N5O4/c1-21-19(27)16-10-14(26)11-24(16)20(28)18(13-6-3-2-4-7-13)25-12-15(22-23-25)17-8-5-9-29-17/h5,8-9,12-14,16,18,26H,2-4,6-7,10-11H2,1H3,(H,21,27)/t14?,16-,18?/m1/s1. The van der Waals surface area contributed by atoms with Crippen molar-refractivity contribution in [2.75, 3.05) is 13.6 Å². The average molecular weight is 401 g/mol. The molecule has 1 saturated carbocycles. The zero-order valence-electron chi connectivity index (χ0n) is 16.5. The van der Waals surface area contributed by atoms with E-state index in [0.717, 1.165) is 32.1 Å². The Kier molecular flexibility index (Phi) is 5.66. The fraction of sp³-hybridized carbons (Fsp3) is 0.600. The predicted octanol–water partition coefficient (Wildman–Crippen LogP) is 1.37. The van der Waals surface area contributed by atoms with Crippen molar-refractivity contribution in [1.29, 1.82) is 0 Å². The van der Waals surface area contributed by atoms with E-state index in [9.17, 15) is 14.7 Å². The van der Waals surface area contributed by atoms with E-state index < -0.39 is 18.2 Å². The monoisotopic (exact) mass is 401 g/mol. The molecule has 2 fully saturated rings. The number of carbonyl (C=O) groups excluding carboxylic acids is 2. The van der Waals surface area contributed by atoms with Gasteiger partial charge in [0.05, 0.1) is 18.6 Å². The normalized spacial score (nSPS) is 23.9. The van der Waals surface area contributed by atoms with Gasteiger partial charge >= 0.3 is 0 Å². The number of aliphatic hydroxyl groups is 1. The minimum absolute atomic E-state index is 0.116. The van der Waals surface area contributed by atoms with Gasteiger partial charge in [-0.3, -0.25) is 9.59 Å². The smallest absolute Gasteiger partial charge is 0.248 e. The quantitative estimate of drug-likeness (QED) is 0.782. The number of nitrogens with one attached hydrogen (secondary N) is 1. The van der Waals surface area contributed by atoms with Gasteiger partial charge in [0, 0.05) is 20.0 Å². The molecule has 3 atom stereocenters. The summed E-state index contributed by atoms with van der Waals surface area (Å²) in [5.41, 5.74) is 0.563. The van der Waals surface area contributed by atoms with Crippen molar-refractivity contribution >= 4 is 11.8 Å². The number of furan rings is 1. The van der Waals surface area contributed by atoms with Crippen LogP contribution in [0.15, 0.2) is 29.0 Å². The number of aromatic nitrogens is 3. The van der Waals surface area contributed by atoms with Crippen LogP contribution in [-0.2, 0) is 9.59 Å². The van der Waals surface area contributed by atoms with Crippen molar-refractivity contribution in [2.24, 2.45) is 5.92 Å². The second-order valence-corrected chi connectivity index (χ2v) is 7.91. The number of amides is 2. The van der Waals surface area contributed by atoms with E-state index in [0.29, 0.717) is 11.5 Å². The van der Waals surface area contributed by atoms with Gasteiger partial charge in [0.1, 0.15) is 17.8 Å². The number of β-amino-alcohol motifs (C(OH)–C–C–N with tert-alkyl or cyclic N) is 1. The number of likely N-dealkylation sites (tertiary alicyclic amines) is 1. The van der Waals surface area contributed by atoms with Crippen molar-refractivity contribution in [3.8, 4) is 11.5 Å². The van der Waals surface area contributed by atoms with E-state index in [4.69, 9.17) is 4.42 Å². The van der Waals surface area contributed by atoms with Crippen molar-refractivity contribution in [2.45, 2.75) is 56.7 Å². The Balaban J connectivity index is 1.65. The molecular weight excluding hydrogens is 374 g/mol. The minimum Gasteiger partial charge on any atom is -0.463 e. The Hall–Kier alpha value is -2.68. The third-order valence-electron chi connectivity index (χ3n) is 6.03. The molecule has 1 aliphatic carbocycles. The lowest BCUT2D eigenvalue weighted by atomic mass is 9.83. The summed E-state index contributed by atoms with van der Waals surface area (Å²) < 4.78 is 7.01. The highest BCUT2D eigenvalue weighted by atomic mass is 16.3. The molecule has 0 radical (unpaired) electrons. The molecule has 9 nitrogen and oxygen atoms in total. The van der Waals surface area contributed by atoms with Crippen LogP contribution >= 0.6 is 0 Å². The molecule has 2 aromatic heterocycles. The summed E-state index contributed by atoms with van der Waals surface area (Å²) >= 11 is 0. The first-order valence-corrected chi connectivity index (χ1v) is 10.2. The Morgan fingerprint density at radius 2 is 2.10 bits per heavy atom. The van der Waals surface area contributed by atoms with E-state index in [1.165, 1.54) is 4.90 Å². The summed E-state index contributed by atoms with van der Waals surface area (Å²) in [6.45, 7) is 0.153. The van der Waals surface area contributed by atoms with Gasteiger partial charge < -0.3 is 19.7 Å². The molecule has 1 saturated heterocycles. The van der Waals surface area contributed by atoms with E-state index in [2.05, 4.69) is 15.6 Å². The van der Waals surface area contributed by atoms with Crippen LogP contribution in [0.2, 0.25) is 0 Å². The van der Waals surface area contributed by atoms with Gasteiger partial charge in [-0.1, -0.05) is 24.5 Å². The second kappa shape index (κ2) is 8.36. The maximum absolute atomic E-state index is 13.6. The van der Waals surface area contributed by atoms with E-state index >= 15 is 0 Å². The van der Waals surface area contributed by atoms with E-state index in [1.807, 2.05) is 0 Å². The molecule has 2 aromatic rings. The first-order chi connectivity index (χ1) is 14.1. The lowest BCUT2D eigenvalue weighted by Gasteiger charge is -2.33. The first kappa shape index (κ1) is 19.6. The summed E-state index contributed by atoms with van der Waals surface area (Å²) in [6.07, 6.45) is 7.98. The third-order valence-corrected chi connectivity index (χ3v) is 6.03. The van der Waals surface area contributed by atoms with Crippen molar-refractivity contribution in [3.63, 3.8) is 0 Å². The molecule has 2 N–H and O–H groups in total. The van der Waals surface area contributed by atoms with Gasteiger partial charge in [0.15, 0.2) is 5.76 Å². The highest BCUT2D eigenvalue weighted by molar-refractivity contribution is 5.90. The largest absolute Gasteiger partial charge is 0.463 e. The van der Waals surface area contributed by atoms with E-state index in [-0.39, 0.29) is 30.7 Å². The van der Waals surface area contributed by atoms with Crippen LogP contribution in [0, 0.1) is 5.92 Å². The zero-order valence-corrected chi connectivity index (χ0v) is 16.5. The number of nitrogens with zero attached hydrogens (tertiary/aromatic N) is 4. The molecule has 0 spiro atoms. The van der Waals surface area contributed by atoms with Crippen LogP contribution in [0.5, 0.6) is 0 Å². The van der Waals surface area contributed by atoms with Gasteiger partial charge in [-0.05, 0) is 30.9 Å². The first-order valence-electron chi connectivity index (χ1n) is 10.2. The van der Waals surface area contributed by atoms with Crippen LogP contribution in [0.4, 0.5) is 0 Å². The molecule has 4 rings (SSSR count). The Morgan fingerprint density at radius 1 is 1.31 bits per heavy atom. The average Bonchev–Trinajstić information content (AvgIpc) is 3.49. The highest BCUT2D eigenvalue weighted by Gasteiger charge is 2.44. The van der Waals surface area contributed by atoms with Crippen molar-refractivity contribution in [3.05, 3.63) is 24.6 Å². The molecule has 2 aliphatic rings. The summed E-state index contributed by atoms with van der Waals surface area (Å²) in [7, 11) is 1.54. The molecule has 29 heavy (non-hydrogen) atoms. The molecule has 3 heterocycles. The fourth-order valence-electron chi connectivity index (χ4n) is 4.57. The van der Waals surface area contributed by atoms with Crippen LogP contribution < -0.4 is 5.32 Å². The number of aliphatic hydroxyl groups excluding tert-OH is 1. The highest BCUT2D eigenvalue weighted by Crippen LogP contribution is 2.36. The van der Waals surface area contributed by atoms with Crippen LogP contribution in [0.25, 0.3) is 11.5 Å². The number of hydrogen-bond acceptors (Lipinski definition) is 6. The maximum atomic E-state index is 13.6. The van der Waals surface area contributed by atoms with Gasteiger partial charge in [-0.25, -0.2) is 4.68 Å². The lowest BCUT2D eigenvalue weighted by molar-refractivity contribution is -0.143. The minimum atomic E-state index is -0.706. The van der Waals surface area contributed by atoms with Crippen LogP contribution in [0.3, 0.4) is 0 Å². The maximum Gasteiger partial charge on any atom is 0.248 e. The summed E-state index contributed by atoms with van der Waals surface area (Å²) in [6, 6.07) is 2.35. The molecule has 9 heteroatoms. The molecule has 156 valence electrons.